The van der Waals surface area contributed by atoms with Crippen LogP contribution in [0.1, 0.15) is 13.3 Å². The number of aliphatic hydroxyl groups excluding tert-OH is 1. The van der Waals surface area contributed by atoms with Crippen LogP contribution in [0.5, 0.6) is 0 Å². The monoisotopic (exact) mass is 311 g/mol. The van der Waals surface area contributed by atoms with Gasteiger partial charge in [-0.25, -0.2) is 0 Å². The van der Waals surface area contributed by atoms with Crippen LogP contribution in [0.15, 0.2) is 16.6 Å². The van der Waals surface area contributed by atoms with Crippen LogP contribution in [0.4, 0.5) is 5.69 Å². The summed E-state index contributed by atoms with van der Waals surface area (Å²) in [5.41, 5.74) is 0.710. The summed E-state index contributed by atoms with van der Waals surface area (Å²) >= 11 is 15.3. The van der Waals surface area contributed by atoms with Gasteiger partial charge < -0.3 is 10.4 Å². The summed E-state index contributed by atoms with van der Waals surface area (Å²) in [4.78, 5) is 0. The van der Waals surface area contributed by atoms with Crippen molar-refractivity contribution in [2.75, 3.05) is 11.9 Å². The maximum Gasteiger partial charge on any atom is 0.0719 e. The first kappa shape index (κ1) is 13.1. The summed E-state index contributed by atoms with van der Waals surface area (Å²) < 4.78 is 0.846. The summed E-state index contributed by atoms with van der Waals surface area (Å²) in [6.45, 7) is 2.38. The van der Waals surface area contributed by atoms with Crippen LogP contribution >= 0.6 is 39.1 Å². The van der Waals surface area contributed by atoms with Gasteiger partial charge in [-0.05, 0) is 25.5 Å². The van der Waals surface area contributed by atoms with Crippen LogP contribution < -0.4 is 5.32 Å². The van der Waals surface area contributed by atoms with E-state index in [9.17, 15) is 0 Å². The predicted octanol–water partition coefficient (Wildman–Crippen LogP) is 3.94. The molecule has 0 aliphatic heterocycles. The quantitative estimate of drug-likeness (QED) is 0.882. The lowest BCUT2D eigenvalue weighted by Crippen LogP contribution is -2.10. The fraction of sp³-hybridized carbons (Fsp3) is 0.400. The first-order valence-corrected chi connectivity index (χ1v) is 6.12. The van der Waals surface area contributed by atoms with Crippen molar-refractivity contribution in [1.29, 1.82) is 0 Å². The van der Waals surface area contributed by atoms with E-state index in [1.165, 1.54) is 0 Å². The van der Waals surface area contributed by atoms with E-state index < -0.39 is 0 Å². The van der Waals surface area contributed by atoms with Crippen molar-refractivity contribution in [3.63, 3.8) is 0 Å². The topological polar surface area (TPSA) is 32.3 Å². The lowest BCUT2D eigenvalue weighted by atomic mass is 10.2. The second-order valence-corrected chi connectivity index (χ2v) is 5.04. The maximum atomic E-state index is 9.10. The smallest absolute Gasteiger partial charge is 0.0719 e. The van der Waals surface area contributed by atoms with E-state index in [1.807, 2.05) is 0 Å². The number of halogens is 3. The molecular weight excluding hydrogens is 301 g/mol. The van der Waals surface area contributed by atoms with Crippen molar-refractivity contribution < 1.29 is 5.11 Å². The summed E-state index contributed by atoms with van der Waals surface area (Å²) in [7, 11) is 0. The van der Waals surface area contributed by atoms with Crippen molar-refractivity contribution in [3.8, 4) is 0 Å². The highest BCUT2D eigenvalue weighted by atomic mass is 79.9. The Hall–Kier alpha value is 0.0400. The minimum absolute atomic E-state index is 0.328. The average molecular weight is 313 g/mol. The third kappa shape index (κ3) is 4.19. The molecule has 0 spiro atoms. The molecule has 1 rings (SSSR count). The molecule has 0 fully saturated rings. The fourth-order valence-corrected chi connectivity index (χ4v) is 2.46. The highest BCUT2D eigenvalue weighted by Gasteiger charge is 2.07. The predicted molar refractivity (Wildman–Crippen MR) is 68.9 cm³/mol. The summed E-state index contributed by atoms with van der Waals surface area (Å²) in [6.07, 6.45) is 0.327. The lowest BCUT2D eigenvalue weighted by molar-refractivity contribution is 0.189. The molecule has 0 aliphatic carbocycles. The molecule has 15 heavy (non-hydrogen) atoms. The second kappa shape index (κ2) is 5.94. The van der Waals surface area contributed by atoms with Gasteiger partial charge in [0.25, 0.3) is 0 Å². The van der Waals surface area contributed by atoms with E-state index in [4.69, 9.17) is 28.3 Å². The minimum Gasteiger partial charge on any atom is -0.393 e. The first-order valence-electron chi connectivity index (χ1n) is 4.57. The van der Waals surface area contributed by atoms with Gasteiger partial charge in [-0.1, -0.05) is 39.1 Å². The Morgan fingerprint density at radius 2 is 1.93 bits per heavy atom. The Balaban J connectivity index is 2.68. The number of aliphatic hydroxyl groups is 1. The molecule has 0 aliphatic rings. The van der Waals surface area contributed by atoms with Gasteiger partial charge in [0.15, 0.2) is 0 Å². The van der Waals surface area contributed by atoms with E-state index in [1.54, 1.807) is 19.1 Å². The Morgan fingerprint density at radius 3 is 2.40 bits per heavy atom. The van der Waals surface area contributed by atoms with Crippen LogP contribution in [0.3, 0.4) is 0 Å². The summed E-state index contributed by atoms with van der Waals surface area (Å²) in [5, 5.41) is 13.3. The Labute approximate surface area is 108 Å². The average Bonchev–Trinajstić information content (AvgIpc) is 2.08. The Morgan fingerprint density at radius 1 is 1.40 bits per heavy atom. The van der Waals surface area contributed by atoms with Gasteiger partial charge in [-0.3, -0.25) is 0 Å². The van der Waals surface area contributed by atoms with Crippen molar-refractivity contribution >= 4 is 44.8 Å². The van der Waals surface area contributed by atoms with Crippen LogP contribution in [-0.4, -0.2) is 17.8 Å². The van der Waals surface area contributed by atoms with Crippen LogP contribution in [0.2, 0.25) is 10.0 Å². The third-order valence-electron chi connectivity index (χ3n) is 1.87. The molecule has 1 unspecified atom stereocenters. The standard InChI is InChI=1S/C10H12BrCl2NO/c1-6(15)2-3-14-10-8(12)4-7(11)5-9(10)13/h4-6,14-15H,2-3H2,1H3. The van der Waals surface area contributed by atoms with Gasteiger partial charge in [-0.2, -0.15) is 0 Å². The molecule has 0 amide bonds. The number of rotatable bonds is 4. The van der Waals surface area contributed by atoms with Gasteiger partial charge in [0.2, 0.25) is 0 Å². The largest absolute Gasteiger partial charge is 0.393 e. The molecule has 0 saturated heterocycles. The van der Waals surface area contributed by atoms with Crippen molar-refractivity contribution in [2.45, 2.75) is 19.4 Å². The van der Waals surface area contributed by atoms with Crippen molar-refractivity contribution in [1.82, 2.24) is 0 Å². The maximum absolute atomic E-state index is 9.10. The number of nitrogens with one attached hydrogen (secondary N) is 1. The van der Waals surface area contributed by atoms with E-state index in [0.717, 1.165) is 4.47 Å². The second-order valence-electron chi connectivity index (χ2n) is 3.31. The highest BCUT2D eigenvalue weighted by molar-refractivity contribution is 9.10. The molecule has 84 valence electrons. The Bertz CT molecular complexity index is 321. The molecule has 0 heterocycles. The van der Waals surface area contributed by atoms with Gasteiger partial charge in [-0.15, -0.1) is 0 Å². The molecule has 0 aromatic heterocycles. The van der Waals surface area contributed by atoms with Crippen LogP contribution in [-0.2, 0) is 0 Å². The summed E-state index contributed by atoms with van der Waals surface area (Å²) in [5.74, 6) is 0. The molecule has 0 bridgehead atoms. The van der Waals surface area contributed by atoms with E-state index >= 15 is 0 Å². The normalized spacial score (nSPS) is 12.6. The molecule has 0 radical (unpaired) electrons. The fourth-order valence-electron chi connectivity index (χ4n) is 1.12. The van der Waals surface area contributed by atoms with E-state index in [2.05, 4.69) is 21.2 Å². The number of anilines is 1. The number of hydrogen-bond acceptors (Lipinski definition) is 2. The minimum atomic E-state index is -0.328. The zero-order valence-corrected chi connectivity index (χ0v) is 11.3. The zero-order chi connectivity index (χ0) is 11.4. The molecule has 1 aromatic rings. The van der Waals surface area contributed by atoms with Gasteiger partial charge in [0.1, 0.15) is 0 Å². The lowest BCUT2D eigenvalue weighted by Gasteiger charge is -2.11. The van der Waals surface area contributed by atoms with Crippen molar-refractivity contribution in [3.05, 3.63) is 26.7 Å². The molecule has 5 heteroatoms. The van der Waals surface area contributed by atoms with Crippen LogP contribution in [0, 0.1) is 0 Å². The summed E-state index contributed by atoms with van der Waals surface area (Å²) in [6, 6.07) is 3.55. The molecule has 1 atom stereocenters. The molecular formula is C10H12BrCl2NO. The zero-order valence-electron chi connectivity index (χ0n) is 8.23. The van der Waals surface area contributed by atoms with Gasteiger partial charge in [0.05, 0.1) is 21.8 Å². The van der Waals surface area contributed by atoms with Crippen LogP contribution in [0.25, 0.3) is 0 Å². The Kier molecular flexibility index (Phi) is 5.19. The molecule has 2 nitrogen and oxygen atoms in total. The number of benzene rings is 1. The number of hydrogen-bond donors (Lipinski definition) is 2. The highest BCUT2D eigenvalue weighted by Crippen LogP contribution is 2.33. The van der Waals surface area contributed by atoms with Crippen molar-refractivity contribution in [2.24, 2.45) is 0 Å². The molecule has 2 N–H and O–H groups in total. The molecule has 0 saturated carbocycles. The first-order chi connectivity index (χ1) is 7.00. The van der Waals surface area contributed by atoms with E-state index in [0.29, 0.717) is 28.7 Å². The van der Waals surface area contributed by atoms with E-state index in [-0.39, 0.29) is 6.10 Å². The van der Waals surface area contributed by atoms with Gasteiger partial charge in [0, 0.05) is 11.0 Å². The van der Waals surface area contributed by atoms with Gasteiger partial charge >= 0.3 is 0 Å². The SMILES string of the molecule is CC(O)CCNc1c(Cl)cc(Br)cc1Cl. The molecule has 1 aromatic carbocycles. The third-order valence-corrected chi connectivity index (χ3v) is 2.92.